The van der Waals surface area contributed by atoms with Crippen LogP contribution in [0.1, 0.15) is 32.1 Å². The molecule has 0 bridgehead atoms. The Morgan fingerprint density at radius 3 is 2.84 bits per heavy atom. The third-order valence-electron chi connectivity index (χ3n) is 5.38. The standard InChI is InChI=1S/C15H29N3O/c1-17-7-8-18(2)14(12-17)11-16-13-4-9-19-15(10-13)5-3-6-15/h13-14,16H,3-12H2,1-2H3. The summed E-state index contributed by atoms with van der Waals surface area (Å²) in [6.07, 6.45) is 6.37. The molecule has 2 heterocycles. The van der Waals surface area contributed by atoms with E-state index in [0.29, 0.717) is 12.1 Å². The lowest BCUT2D eigenvalue weighted by molar-refractivity contribution is -0.135. The van der Waals surface area contributed by atoms with Crippen molar-refractivity contribution < 1.29 is 4.74 Å². The zero-order chi connectivity index (χ0) is 13.3. The molecule has 3 fully saturated rings. The van der Waals surface area contributed by atoms with E-state index in [0.717, 1.165) is 13.2 Å². The smallest absolute Gasteiger partial charge is 0.0697 e. The number of ether oxygens (including phenoxy) is 1. The molecule has 0 amide bonds. The molecule has 1 N–H and O–H groups in total. The summed E-state index contributed by atoms with van der Waals surface area (Å²) >= 11 is 0. The Hall–Kier alpha value is -0.160. The predicted molar refractivity (Wildman–Crippen MR) is 77.5 cm³/mol. The molecule has 2 atom stereocenters. The van der Waals surface area contributed by atoms with Gasteiger partial charge in [-0.1, -0.05) is 0 Å². The van der Waals surface area contributed by atoms with E-state index >= 15 is 0 Å². The van der Waals surface area contributed by atoms with Gasteiger partial charge in [0.2, 0.25) is 0 Å². The van der Waals surface area contributed by atoms with Gasteiger partial charge < -0.3 is 15.0 Å². The molecule has 110 valence electrons. The van der Waals surface area contributed by atoms with E-state index in [1.165, 1.54) is 51.7 Å². The first-order valence-electron chi connectivity index (χ1n) is 7.93. The molecule has 4 nitrogen and oxygen atoms in total. The molecule has 0 aromatic carbocycles. The second-order valence-corrected chi connectivity index (χ2v) is 6.88. The van der Waals surface area contributed by atoms with Crippen LogP contribution >= 0.6 is 0 Å². The van der Waals surface area contributed by atoms with Crippen molar-refractivity contribution in [2.75, 3.05) is 46.9 Å². The Kier molecular flexibility index (Phi) is 4.13. The van der Waals surface area contributed by atoms with Crippen LogP contribution in [0.5, 0.6) is 0 Å². The zero-order valence-electron chi connectivity index (χ0n) is 12.5. The van der Waals surface area contributed by atoms with Crippen molar-refractivity contribution in [2.24, 2.45) is 0 Å². The first-order chi connectivity index (χ1) is 9.17. The number of nitrogens with zero attached hydrogens (tertiary/aromatic N) is 2. The van der Waals surface area contributed by atoms with Gasteiger partial charge in [-0.05, 0) is 46.2 Å². The number of likely N-dealkylation sites (N-methyl/N-ethyl adjacent to an activating group) is 2. The highest BCUT2D eigenvalue weighted by Gasteiger charge is 2.42. The minimum atomic E-state index is 0.269. The number of hydrogen-bond acceptors (Lipinski definition) is 4. The quantitative estimate of drug-likeness (QED) is 0.823. The van der Waals surface area contributed by atoms with E-state index in [2.05, 4.69) is 29.2 Å². The zero-order valence-corrected chi connectivity index (χ0v) is 12.5. The molecule has 2 aliphatic heterocycles. The van der Waals surface area contributed by atoms with Crippen molar-refractivity contribution in [3.8, 4) is 0 Å². The van der Waals surface area contributed by atoms with Gasteiger partial charge in [-0.15, -0.1) is 0 Å². The summed E-state index contributed by atoms with van der Waals surface area (Å²) in [6.45, 7) is 5.67. The average molecular weight is 267 g/mol. The van der Waals surface area contributed by atoms with Gasteiger partial charge in [0.15, 0.2) is 0 Å². The number of rotatable bonds is 3. The summed E-state index contributed by atoms with van der Waals surface area (Å²) in [5.74, 6) is 0. The van der Waals surface area contributed by atoms with E-state index in [1.807, 2.05) is 0 Å². The topological polar surface area (TPSA) is 27.7 Å². The summed E-state index contributed by atoms with van der Waals surface area (Å²) < 4.78 is 6.00. The molecule has 19 heavy (non-hydrogen) atoms. The fraction of sp³-hybridized carbons (Fsp3) is 1.00. The molecule has 1 aliphatic carbocycles. The van der Waals surface area contributed by atoms with Crippen LogP contribution in [-0.2, 0) is 4.74 Å². The molecular weight excluding hydrogens is 238 g/mol. The Morgan fingerprint density at radius 2 is 2.11 bits per heavy atom. The molecule has 3 aliphatic rings. The number of nitrogens with one attached hydrogen (secondary N) is 1. The molecule has 2 saturated heterocycles. The highest BCUT2D eigenvalue weighted by Crippen LogP contribution is 2.42. The average Bonchev–Trinajstić information content (AvgIpc) is 2.38. The minimum absolute atomic E-state index is 0.269. The fourth-order valence-electron chi connectivity index (χ4n) is 3.75. The maximum atomic E-state index is 6.00. The van der Waals surface area contributed by atoms with E-state index in [-0.39, 0.29) is 5.60 Å². The van der Waals surface area contributed by atoms with Gasteiger partial charge in [-0.3, -0.25) is 4.90 Å². The lowest BCUT2D eigenvalue weighted by Crippen LogP contribution is -2.57. The molecule has 1 saturated carbocycles. The molecule has 0 radical (unpaired) electrons. The molecule has 3 rings (SSSR count). The molecule has 0 aromatic heterocycles. The van der Waals surface area contributed by atoms with Crippen molar-refractivity contribution in [3.05, 3.63) is 0 Å². The summed E-state index contributed by atoms with van der Waals surface area (Å²) in [7, 11) is 4.49. The predicted octanol–water partition coefficient (Wildman–Crippen LogP) is 0.923. The van der Waals surface area contributed by atoms with Crippen LogP contribution in [0.15, 0.2) is 0 Å². The molecule has 4 heteroatoms. The Morgan fingerprint density at radius 1 is 1.26 bits per heavy atom. The second kappa shape index (κ2) is 5.68. The van der Waals surface area contributed by atoms with Crippen molar-refractivity contribution in [2.45, 2.75) is 49.8 Å². The van der Waals surface area contributed by atoms with Crippen LogP contribution in [0.25, 0.3) is 0 Å². The highest BCUT2D eigenvalue weighted by atomic mass is 16.5. The van der Waals surface area contributed by atoms with Crippen LogP contribution in [0.2, 0.25) is 0 Å². The van der Waals surface area contributed by atoms with E-state index in [1.54, 1.807) is 0 Å². The summed E-state index contributed by atoms with van der Waals surface area (Å²) in [6, 6.07) is 1.34. The molecule has 0 aromatic rings. The van der Waals surface area contributed by atoms with Crippen molar-refractivity contribution >= 4 is 0 Å². The third kappa shape index (κ3) is 3.13. The molecule has 1 spiro atoms. The Balaban J connectivity index is 1.46. The highest BCUT2D eigenvalue weighted by molar-refractivity contribution is 4.96. The molecule has 2 unspecified atom stereocenters. The van der Waals surface area contributed by atoms with Gasteiger partial charge in [0, 0.05) is 44.9 Å². The lowest BCUT2D eigenvalue weighted by Gasteiger charge is -2.48. The van der Waals surface area contributed by atoms with Crippen molar-refractivity contribution in [1.82, 2.24) is 15.1 Å². The third-order valence-corrected chi connectivity index (χ3v) is 5.38. The first-order valence-corrected chi connectivity index (χ1v) is 7.93. The normalized spacial score (nSPS) is 36.3. The second-order valence-electron chi connectivity index (χ2n) is 6.88. The van der Waals surface area contributed by atoms with Crippen LogP contribution in [-0.4, -0.2) is 74.4 Å². The Labute approximate surface area is 117 Å². The largest absolute Gasteiger partial charge is 0.375 e. The fourth-order valence-corrected chi connectivity index (χ4v) is 3.75. The maximum absolute atomic E-state index is 6.00. The SMILES string of the molecule is CN1CCN(C)C(CNC2CCOC3(CCC3)C2)C1. The van der Waals surface area contributed by atoms with Gasteiger partial charge in [0.25, 0.3) is 0 Å². The van der Waals surface area contributed by atoms with Gasteiger partial charge in [-0.25, -0.2) is 0 Å². The van der Waals surface area contributed by atoms with Gasteiger partial charge in [0.05, 0.1) is 5.60 Å². The van der Waals surface area contributed by atoms with Crippen LogP contribution in [0.3, 0.4) is 0 Å². The molecular formula is C15H29N3O. The van der Waals surface area contributed by atoms with Crippen LogP contribution < -0.4 is 5.32 Å². The summed E-state index contributed by atoms with van der Waals surface area (Å²) in [5, 5.41) is 3.82. The van der Waals surface area contributed by atoms with Crippen molar-refractivity contribution in [3.63, 3.8) is 0 Å². The first kappa shape index (κ1) is 13.8. The Bertz CT molecular complexity index is 306. The van der Waals surface area contributed by atoms with Crippen LogP contribution in [0.4, 0.5) is 0 Å². The van der Waals surface area contributed by atoms with Gasteiger partial charge in [-0.2, -0.15) is 0 Å². The lowest BCUT2D eigenvalue weighted by atomic mass is 9.74. The monoisotopic (exact) mass is 267 g/mol. The summed E-state index contributed by atoms with van der Waals surface area (Å²) in [4.78, 5) is 4.95. The van der Waals surface area contributed by atoms with E-state index < -0.39 is 0 Å². The van der Waals surface area contributed by atoms with Crippen molar-refractivity contribution in [1.29, 1.82) is 0 Å². The number of piperazine rings is 1. The van der Waals surface area contributed by atoms with Gasteiger partial charge >= 0.3 is 0 Å². The van der Waals surface area contributed by atoms with E-state index in [9.17, 15) is 0 Å². The van der Waals surface area contributed by atoms with Gasteiger partial charge in [0.1, 0.15) is 0 Å². The van der Waals surface area contributed by atoms with E-state index in [4.69, 9.17) is 4.74 Å². The van der Waals surface area contributed by atoms with Crippen LogP contribution in [0, 0.1) is 0 Å². The number of hydrogen-bond donors (Lipinski definition) is 1. The minimum Gasteiger partial charge on any atom is -0.375 e. The maximum Gasteiger partial charge on any atom is 0.0697 e. The summed E-state index contributed by atoms with van der Waals surface area (Å²) in [5.41, 5.74) is 0.269.